The summed E-state index contributed by atoms with van der Waals surface area (Å²) in [5, 5.41) is 20.3. The number of hydrogen-bond donors (Lipinski definition) is 1. The van der Waals surface area contributed by atoms with E-state index in [1.807, 2.05) is 12.1 Å². The van der Waals surface area contributed by atoms with Gasteiger partial charge in [0.2, 0.25) is 0 Å². The van der Waals surface area contributed by atoms with Crippen molar-refractivity contribution in [1.82, 2.24) is 5.32 Å². The highest BCUT2D eigenvalue weighted by Gasteiger charge is 2.05. The summed E-state index contributed by atoms with van der Waals surface area (Å²) in [6.07, 6.45) is 0. The van der Waals surface area contributed by atoms with E-state index in [4.69, 9.17) is 15.3 Å². The molecular formula is C17H13N3O2. The lowest BCUT2D eigenvalue weighted by atomic mass is 10.1. The van der Waals surface area contributed by atoms with Crippen LogP contribution in [-0.2, 0) is 0 Å². The van der Waals surface area contributed by atoms with Crippen molar-refractivity contribution in [2.75, 3.05) is 13.2 Å². The first kappa shape index (κ1) is 15.1. The van der Waals surface area contributed by atoms with Crippen LogP contribution in [0.5, 0.6) is 5.75 Å². The molecule has 0 aliphatic rings. The Morgan fingerprint density at radius 1 is 1.05 bits per heavy atom. The Bertz CT molecular complexity index is 757. The summed E-state index contributed by atoms with van der Waals surface area (Å²) in [6, 6.07) is 17.3. The Hall–Kier alpha value is -3.31. The van der Waals surface area contributed by atoms with Crippen molar-refractivity contribution < 1.29 is 9.53 Å². The Morgan fingerprint density at radius 3 is 2.45 bits per heavy atom. The van der Waals surface area contributed by atoms with Gasteiger partial charge in [0.05, 0.1) is 29.8 Å². The third kappa shape index (κ3) is 4.09. The topological polar surface area (TPSA) is 85.9 Å². The van der Waals surface area contributed by atoms with Gasteiger partial charge in [0.1, 0.15) is 12.4 Å². The molecule has 2 rings (SSSR count). The summed E-state index contributed by atoms with van der Waals surface area (Å²) in [5.41, 5.74) is 1.40. The lowest BCUT2D eigenvalue weighted by Crippen LogP contribution is -2.28. The van der Waals surface area contributed by atoms with Crippen molar-refractivity contribution in [3.8, 4) is 17.9 Å². The van der Waals surface area contributed by atoms with Gasteiger partial charge in [-0.1, -0.05) is 12.1 Å². The average molecular weight is 291 g/mol. The van der Waals surface area contributed by atoms with Gasteiger partial charge < -0.3 is 10.1 Å². The summed E-state index contributed by atoms with van der Waals surface area (Å²) in [7, 11) is 0. The molecule has 0 unspecified atom stereocenters. The van der Waals surface area contributed by atoms with Crippen molar-refractivity contribution in [2.24, 2.45) is 0 Å². The predicted molar refractivity (Wildman–Crippen MR) is 80.1 cm³/mol. The zero-order valence-corrected chi connectivity index (χ0v) is 11.7. The standard InChI is InChI=1S/C17H13N3O2/c18-11-13-3-1-5-15(9-13)17(21)20-7-8-22-16-6-2-4-14(10-16)12-19/h1-6,9-10H,7-8H2,(H,20,21). The van der Waals surface area contributed by atoms with Crippen LogP contribution in [0.4, 0.5) is 0 Å². The minimum absolute atomic E-state index is 0.258. The average Bonchev–Trinajstić information content (AvgIpc) is 2.58. The molecule has 0 radical (unpaired) electrons. The van der Waals surface area contributed by atoms with E-state index in [-0.39, 0.29) is 5.91 Å². The van der Waals surface area contributed by atoms with Crippen LogP contribution in [0.15, 0.2) is 48.5 Å². The van der Waals surface area contributed by atoms with Gasteiger partial charge in [0.15, 0.2) is 0 Å². The molecule has 0 aliphatic heterocycles. The molecule has 0 spiro atoms. The van der Waals surface area contributed by atoms with Crippen LogP contribution >= 0.6 is 0 Å². The van der Waals surface area contributed by atoms with E-state index in [1.165, 1.54) is 6.07 Å². The number of rotatable bonds is 5. The molecule has 108 valence electrons. The molecule has 0 fully saturated rings. The number of nitrogens with one attached hydrogen (secondary N) is 1. The van der Waals surface area contributed by atoms with E-state index in [0.717, 1.165) is 0 Å². The van der Waals surface area contributed by atoms with E-state index < -0.39 is 0 Å². The second-order valence-corrected chi connectivity index (χ2v) is 4.44. The second-order valence-electron chi connectivity index (χ2n) is 4.44. The molecule has 1 amide bonds. The maximum atomic E-state index is 11.9. The van der Waals surface area contributed by atoms with Crippen LogP contribution in [0.25, 0.3) is 0 Å². The Kier molecular flexibility index (Phi) is 5.12. The van der Waals surface area contributed by atoms with Gasteiger partial charge in [-0.15, -0.1) is 0 Å². The molecule has 0 saturated carbocycles. The van der Waals surface area contributed by atoms with Crippen molar-refractivity contribution in [2.45, 2.75) is 0 Å². The number of ether oxygens (including phenoxy) is 1. The van der Waals surface area contributed by atoms with E-state index in [9.17, 15) is 4.79 Å². The molecule has 0 atom stereocenters. The van der Waals surface area contributed by atoms with Crippen molar-refractivity contribution in [3.05, 3.63) is 65.2 Å². The Morgan fingerprint density at radius 2 is 1.73 bits per heavy atom. The smallest absolute Gasteiger partial charge is 0.251 e. The first-order chi connectivity index (χ1) is 10.7. The molecule has 1 N–H and O–H groups in total. The molecule has 22 heavy (non-hydrogen) atoms. The monoisotopic (exact) mass is 291 g/mol. The minimum Gasteiger partial charge on any atom is -0.492 e. The fourth-order valence-electron chi connectivity index (χ4n) is 1.82. The lowest BCUT2D eigenvalue weighted by molar-refractivity contribution is 0.0947. The predicted octanol–water partition coefficient (Wildman–Crippen LogP) is 2.24. The third-order valence-electron chi connectivity index (χ3n) is 2.87. The van der Waals surface area contributed by atoms with Gasteiger partial charge in [-0.3, -0.25) is 4.79 Å². The number of nitriles is 2. The largest absolute Gasteiger partial charge is 0.492 e. The maximum absolute atomic E-state index is 11.9. The van der Waals surface area contributed by atoms with Gasteiger partial charge in [0, 0.05) is 5.56 Å². The van der Waals surface area contributed by atoms with Crippen LogP contribution in [0, 0.1) is 22.7 Å². The number of amides is 1. The van der Waals surface area contributed by atoms with Crippen molar-refractivity contribution in [3.63, 3.8) is 0 Å². The molecule has 0 heterocycles. The molecule has 5 heteroatoms. The van der Waals surface area contributed by atoms with Gasteiger partial charge >= 0.3 is 0 Å². The Labute approximate surface area is 128 Å². The van der Waals surface area contributed by atoms with Gasteiger partial charge in [-0.25, -0.2) is 0 Å². The van der Waals surface area contributed by atoms with Crippen LogP contribution in [0.3, 0.4) is 0 Å². The third-order valence-corrected chi connectivity index (χ3v) is 2.87. The van der Waals surface area contributed by atoms with E-state index >= 15 is 0 Å². The summed E-state index contributed by atoms with van der Waals surface area (Å²) >= 11 is 0. The maximum Gasteiger partial charge on any atom is 0.251 e. The van der Waals surface area contributed by atoms with Crippen molar-refractivity contribution >= 4 is 5.91 Å². The van der Waals surface area contributed by atoms with E-state index in [2.05, 4.69) is 5.32 Å². The molecular weight excluding hydrogens is 278 g/mol. The van der Waals surface area contributed by atoms with Gasteiger partial charge in [-0.2, -0.15) is 10.5 Å². The number of benzene rings is 2. The van der Waals surface area contributed by atoms with Crippen LogP contribution < -0.4 is 10.1 Å². The molecule has 0 bridgehead atoms. The quantitative estimate of drug-likeness (QED) is 0.856. The molecule has 2 aromatic rings. The Balaban J connectivity index is 1.82. The fraction of sp³-hybridized carbons (Fsp3) is 0.118. The zero-order chi connectivity index (χ0) is 15.8. The minimum atomic E-state index is -0.258. The first-order valence-corrected chi connectivity index (χ1v) is 6.64. The van der Waals surface area contributed by atoms with Gasteiger partial charge in [-0.05, 0) is 36.4 Å². The highest BCUT2D eigenvalue weighted by molar-refractivity contribution is 5.94. The molecule has 5 nitrogen and oxygen atoms in total. The number of nitrogens with zero attached hydrogens (tertiary/aromatic N) is 2. The van der Waals surface area contributed by atoms with E-state index in [0.29, 0.717) is 35.6 Å². The first-order valence-electron chi connectivity index (χ1n) is 6.64. The van der Waals surface area contributed by atoms with Crippen LogP contribution in [0.1, 0.15) is 21.5 Å². The normalized spacial score (nSPS) is 9.36. The summed E-state index contributed by atoms with van der Waals surface area (Å²) in [5.74, 6) is 0.325. The summed E-state index contributed by atoms with van der Waals surface area (Å²) in [6.45, 7) is 0.616. The number of carbonyl (C=O) groups is 1. The zero-order valence-electron chi connectivity index (χ0n) is 11.7. The SMILES string of the molecule is N#Cc1cccc(OCCNC(=O)c2cccc(C#N)c2)c1. The molecule has 0 aliphatic carbocycles. The molecule has 2 aromatic carbocycles. The summed E-state index contributed by atoms with van der Waals surface area (Å²) in [4.78, 5) is 11.9. The van der Waals surface area contributed by atoms with Gasteiger partial charge in [0.25, 0.3) is 5.91 Å². The van der Waals surface area contributed by atoms with Crippen LogP contribution in [0.2, 0.25) is 0 Å². The summed E-state index contributed by atoms with van der Waals surface area (Å²) < 4.78 is 5.46. The van der Waals surface area contributed by atoms with E-state index in [1.54, 1.807) is 42.5 Å². The fourth-order valence-corrected chi connectivity index (χ4v) is 1.82. The highest BCUT2D eigenvalue weighted by Crippen LogP contribution is 2.12. The van der Waals surface area contributed by atoms with Crippen molar-refractivity contribution in [1.29, 1.82) is 10.5 Å². The highest BCUT2D eigenvalue weighted by atomic mass is 16.5. The lowest BCUT2D eigenvalue weighted by Gasteiger charge is -2.08. The number of hydrogen-bond acceptors (Lipinski definition) is 4. The van der Waals surface area contributed by atoms with Crippen LogP contribution in [-0.4, -0.2) is 19.1 Å². The molecule has 0 saturated heterocycles. The number of carbonyl (C=O) groups excluding carboxylic acids is 1. The second kappa shape index (κ2) is 7.47. The molecule has 0 aromatic heterocycles.